The second-order valence-electron chi connectivity index (χ2n) is 3.35. The van der Waals surface area contributed by atoms with Gasteiger partial charge < -0.3 is 5.73 Å². The molecule has 0 radical (unpaired) electrons. The van der Waals surface area contributed by atoms with Gasteiger partial charge in [-0.25, -0.2) is 4.68 Å². The first kappa shape index (κ1) is 12.0. The number of nitrogens with two attached hydrogens (primary N) is 1. The van der Waals surface area contributed by atoms with Crippen molar-refractivity contribution >= 4 is 21.7 Å². The van der Waals surface area contributed by atoms with Crippen molar-refractivity contribution in [1.29, 1.82) is 0 Å². The summed E-state index contributed by atoms with van der Waals surface area (Å²) in [6.45, 7) is 0. The summed E-state index contributed by atoms with van der Waals surface area (Å²) in [5.74, 6) is 0.303. The maximum absolute atomic E-state index is 12.4. The molecule has 0 aliphatic rings. The lowest BCUT2D eigenvalue weighted by atomic mass is 10.2. The van der Waals surface area contributed by atoms with Gasteiger partial charge in [-0.15, -0.1) is 0 Å². The van der Waals surface area contributed by atoms with E-state index in [1.54, 1.807) is 12.3 Å². The van der Waals surface area contributed by atoms with E-state index >= 15 is 0 Å². The summed E-state index contributed by atoms with van der Waals surface area (Å²) in [6, 6.07) is 4.90. The average Bonchev–Trinajstić information content (AvgIpc) is 2.63. The second-order valence-corrected chi connectivity index (χ2v) is 4.20. The lowest BCUT2D eigenvalue weighted by Crippen LogP contribution is -2.06. The predicted octanol–water partition coefficient (Wildman–Crippen LogP) is 3.24. The number of hydrogen-bond donors (Lipinski definition) is 1. The Hall–Kier alpha value is -1.50. The Balaban J connectivity index is 2.45. The van der Waals surface area contributed by atoms with Crippen LogP contribution in [0.15, 0.2) is 34.9 Å². The van der Waals surface area contributed by atoms with Gasteiger partial charge in [-0.05, 0) is 34.1 Å². The summed E-state index contributed by atoms with van der Waals surface area (Å²) in [7, 11) is 0. The Kier molecular flexibility index (Phi) is 2.86. The lowest BCUT2D eigenvalue weighted by molar-refractivity contribution is -0.137. The number of alkyl halides is 3. The minimum absolute atomic E-state index is 0.301. The van der Waals surface area contributed by atoms with Crippen molar-refractivity contribution in [2.24, 2.45) is 0 Å². The number of hydrogen-bond acceptors (Lipinski definition) is 2. The summed E-state index contributed by atoms with van der Waals surface area (Å²) in [5, 5.41) is 3.92. The van der Waals surface area contributed by atoms with E-state index in [4.69, 9.17) is 5.73 Å². The van der Waals surface area contributed by atoms with E-state index in [0.717, 1.165) is 12.1 Å². The van der Waals surface area contributed by atoms with Crippen LogP contribution in [0, 0.1) is 0 Å². The first-order chi connectivity index (χ1) is 7.88. The molecule has 0 atom stereocenters. The zero-order chi connectivity index (χ0) is 12.6. The Morgan fingerprint density at radius 2 is 1.94 bits per heavy atom. The molecular weight excluding hydrogens is 299 g/mol. The molecule has 7 heteroatoms. The molecule has 1 heterocycles. The average molecular weight is 306 g/mol. The van der Waals surface area contributed by atoms with Crippen LogP contribution in [0.1, 0.15) is 5.56 Å². The van der Waals surface area contributed by atoms with Gasteiger partial charge in [0.05, 0.1) is 11.3 Å². The van der Waals surface area contributed by atoms with Crippen LogP contribution in [-0.2, 0) is 6.18 Å². The fourth-order valence-corrected chi connectivity index (χ4v) is 1.90. The standard InChI is InChI=1S/C10H7BrF3N3/c11-7-5-6(10(12,13)14)1-2-8(7)17-4-3-9(15)16-17/h1-5H,(H2,15,16). The van der Waals surface area contributed by atoms with Crippen LogP contribution in [0.5, 0.6) is 0 Å². The van der Waals surface area contributed by atoms with Gasteiger partial charge in [0, 0.05) is 16.7 Å². The molecule has 1 aromatic carbocycles. The lowest BCUT2D eigenvalue weighted by Gasteiger charge is -2.09. The Bertz CT molecular complexity index is 548. The molecule has 2 aromatic rings. The fraction of sp³-hybridized carbons (Fsp3) is 0.100. The molecule has 3 nitrogen and oxygen atoms in total. The van der Waals surface area contributed by atoms with E-state index in [-0.39, 0.29) is 0 Å². The molecule has 0 bridgehead atoms. The van der Waals surface area contributed by atoms with Gasteiger partial charge in [0.15, 0.2) is 0 Å². The molecule has 0 fully saturated rings. The minimum Gasteiger partial charge on any atom is -0.382 e. The molecule has 0 spiro atoms. The summed E-state index contributed by atoms with van der Waals surface area (Å²) in [5.41, 5.74) is 5.22. The highest BCUT2D eigenvalue weighted by Crippen LogP contribution is 2.33. The normalized spacial score (nSPS) is 11.8. The summed E-state index contributed by atoms with van der Waals surface area (Å²) < 4.78 is 39.0. The highest BCUT2D eigenvalue weighted by atomic mass is 79.9. The minimum atomic E-state index is -4.36. The van der Waals surface area contributed by atoms with E-state index in [9.17, 15) is 13.2 Å². The second kappa shape index (κ2) is 4.06. The molecule has 0 saturated heterocycles. The molecule has 0 aliphatic carbocycles. The van der Waals surface area contributed by atoms with Crippen LogP contribution >= 0.6 is 15.9 Å². The largest absolute Gasteiger partial charge is 0.416 e. The molecule has 2 rings (SSSR count). The molecule has 0 saturated carbocycles. The third kappa shape index (κ3) is 2.44. The molecule has 0 amide bonds. The van der Waals surface area contributed by atoms with Crippen molar-refractivity contribution < 1.29 is 13.2 Å². The SMILES string of the molecule is Nc1ccn(-c2ccc(C(F)(F)F)cc2Br)n1. The van der Waals surface area contributed by atoms with E-state index in [2.05, 4.69) is 21.0 Å². The van der Waals surface area contributed by atoms with E-state index in [0.29, 0.717) is 16.0 Å². The van der Waals surface area contributed by atoms with E-state index in [1.807, 2.05) is 0 Å². The highest BCUT2D eigenvalue weighted by Gasteiger charge is 2.30. The van der Waals surface area contributed by atoms with Crippen molar-refractivity contribution in [3.63, 3.8) is 0 Å². The van der Waals surface area contributed by atoms with Crippen molar-refractivity contribution in [1.82, 2.24) is 9.78 Å². The van der Waals surface area contributed by atoms with Crippen LogP contribution in [0.4, 0.5) is 19.0 Å². The van der Waals surface area contributed by atoms with Gasteiger partial charge in [0.1, 0.15) is 5.82 Å². The topological polar surface area (TPSA) is 43.8 Å². The van der Waals surface area contributed by atoms with Gasteiger partial charge in [-0.1, -0.05) is 0 Å². The number of anilines is 1. The monoisotopic (exact) mass is 305 g/mol. The molecular formula is C10H7BrF3N3. The quantitative estimate of drug-likeness (QED) is 0.879. The predicted molar refractivity (Wildman–Crippen MR) is 60.7 cm³/mol. The van der Waals surface area contributed by atoms with Crippen LogP contribution in [-0.4, -0.2) is 9.78 Å². The van der Waals surface area contributed by atoms with Crippen LogP contribution in [0.25, 0.3) is 5.69 Å². The van der Waals surface area contributed by atoms with Crippen LogP contribution < -0.4 is 5.73 Å². The molecule has 90 valence electrons. The highest BCUT2D eigenvalue weighted by molar-refractivity contribution is 9.10. The molecule has 0 unspecified atom stereocenters. The third-order valence-electron chi connectivity index (χ3n) is 2.13. The molecule has 1 aromatic heterocycles. The van der Waals surface area contributed by atoms with Gasteiger partial charge in [0.2, 0.25) is 0 Å². The molecule has 0 aliphatic heterocycles. The summed E-state index contributed by atoms with van der Waals surface area (Å²) >= 11 is 3.08. The van der Waals surface area contributed by atoms with Crippen LogP contribution in [0.2, 0.25) is 0 Å². The van der Waals surface area contributed by atoms with E-state index < -0.39 is 11.7 Å². The van der Waals surface area contributed by atoms with Gasteiger partial charge in [-0.3, -0.25) is 0 Å². The van der Waals surface area contributed by atoms with E-state index in [1.165, 1.54) is 10.7 Å². The van der Waals surface area contributed by atoms with Crippen molar-refractivity contribution in [3.05, 3.63) is 40.5 Å². The van der Waals surface area contributed by atoms with Gasteiger partial charge in [-0.2, -0.15) is 18.3 Å². The Morgan fingerprint density at radius 1 is 1.24 bits per heavy atom. The number of halogens is 4. The number of benzene rings is 1. The maximum Gasteiger partial charge on any atom is 0.416 e. The molecule has 2 N–H and O–H groups in total. The Morgan fingerprint density at radius 3 is 2.41 bits per heavy atom. The maximum atomic E-state index is 12.4. The zero-order valence-electron chi connectivity index (χ0n) is 8.37. The van der Waals surface area contributed by atoms with Crippen molar-refractivity contribution in [3.8, 4) is 5.69 Å². The van der Waals surface area contributed by atoms with Crippen molar-refractivity contribution in [2.75, 3.05) is 5.73 Å². The first-order valence-electron chi connectivity index (χ1n) is 4.56. The van der Waals surface area contributed by atoms with Gasteiger partial charge >= 0.3 is 6.18 Å². The Labute approximate surface area is 103 Å². The summed E-state index contributed by atoms with van der Waals surface area (Å²) in [6.07, 6.45) is -2.78. The first-order valence-corrected chi connectivity index (χ1v) is 5.35. The van der Waals surface area contributed by atoms with Crippen molar-refractivity contribution in [2.45, 2.75) is 6.18 Å². The van der Waals surface area contributed by atoms with Gasteiger partial charge in [0.25, 0.3) is 0 Å². The smallest absolute Gasteiger partial charge is 0.382 e. The summed E-state index contributed by atoms with van der Waals surface area (Å²) in [4.78, 5) is 0. The molecule has 17 heavy (non-hydrogen) atoms. The number of nitrogen functional groups attached to an aromatic ring is 1. The number of rotatable bonds is 1. The van der Waals surface area contributed by atoms with Crippen LogP contribution in [0.3, 0.4) is 0 Å². The number of aromatic nitrogens is 2. The zero-order valence-corrected chi connectivity index (χ0v) is 9.96. The third-order valence-corrected chi connectivity index (χ3v) is 2.77. The number of nitrogens with zero attached hydrogens (tertiary/aromatic N) is 2. The fourth-order valence-electron chi connectivity index (χ4n) is 1.34.